The largest absolute Gasteiger partial charge is 0.496 e. The molecular weight excluding hydrogens is 322 g/mol. The van der Waals surface area contributed by atoms with Crippen molar-refractivity contribution in [2.75, 3.05) is 13.7 Å². The summed E-state index contributed by atoms with van der Waals surface area (Å²) in [6, 6.07) is 7.90. The van der Waals surface area contributed by atoms with E-state index in [0.717, 1.165) is 29.3 Å². The molecule has 6 heteroatoms. The SMILES string of the molecule is COc1ccccc1C1(CNC(=O)NCc2nc(C)c(C)s2)CC1. The molecule has 1 saturated carbocycles. The van der Waals surface area contributed by atoms with Gasteiger partial charge in [0.25, 0.3) is 0 Å². The molecule has 2 amide bonds. The van der Waals surface area contributed by atoms with Crippen molar-refractivity contribution in [1.82, 2.24) is 15.6 Å². The van der Waals surface area contributed by atoms with Crippen LogP contribution in [-0.4, -0.2) is 24.7 Å². The van der Waals surface area contributed by atoms with Gasteiger partial charge >= 0.3 is 6.03 Å². The Kier molecular flexibility index (Phi) is 4.76. The van der Waals surface area contributed by atoms with Gasteiger partial charge in [0.15, 0.2) is 0 Å². The summed E-state index contributed by atoms with van der Waals surface area (Å²) >= 11 is 1.62. The highest BCUT2D eigenvalue weighted by Crippen LogP contribution is 2.50. The molecule has 2 N–H and O–H groups in total. The minimum atomic E-state index is -0.151. The molecule has 1 aliphatic rings. The number of para-hydroxylation sites is 1. The lowest BCUT2D eigenvalue weighted by Gasteiger charge is -2.19. The van der Waals surface area contributed by atoms with E-state index < -0.39 is 0 Å². The number of hydrogen-bond donors (Lipinski definition) is 2. The third-order valence-electron chi connectivity index (χ3n) is 4.59. The summed E-state index contributed by atoms with van der Waals surface area (Å²) < 4.78 is 5.46. The molecule has 1 heterocycles. The van der Waals surface area contributed by atoms with Crippen molar-refractivity contribution in [3.05, 3.63) is 45.4 Å². The van der Waals surface area contributed by atoms with Crippen molar-refractivity contribution in [2.45, 2.75) is 38.6 Å². The van der Waals surface area contributed by atoms with Crippen LogP contribution in [0.2, 0.25) is 0 Å². The number of hydrogen-bond acceptors (Lipinski definition) is 4. The topological polar surface area (TPSA) is 63.2 Å². The summed E-state index contributed by atoms with van der Waals surface area (Å²) in [5, 5.41) is 6.82. The normalized spacial score (nSPS) is 15.0. The van der Waals surface area contributed by atoms with Gasteiger partial charge in [-0.25, -0.2) is 9.78 Å². The molecule has 1 aromatic carbocycles. The summed E-state index contributed by atoms with van der Waals surface area (Å²) in [5.41, 5.74) is 2.22. The number of rotatable bonds is 6. The fourth-order valence-corrected chi connectivity index (χ4v) is 3.73. The molecule has 2 aromatic rings. The molecule has 0 unspecified atom stereocenters. The molecule has 0 radical (unpaired) electrons. The predicted octanol–water partition coefficient (Wildman–Crippen LogP) is 3.30. The number of ether oxygens (including phenoxy) is 1. The van der Waals surface area contributed by atoms with Gasteiger partial charge in [-0.2, -0.15) is 0 Å². The molecule has 1 aromatic heterocycles. The molecule has 0 aliphatic heterocycles. The first-order chi connectivity index (χ1) is 11.5. The van der Waals surface area contributed by atoms with E-state index in [9.17, 15) is 4.79 Å². The average molecular weight is 345 g/mol. The predicted molar refractivity (Wildman–Crippen MR) is 95.7 cm³/mol. The maximum Gasteiger partial charge on any atom is 0.315 e. The number of amides is 2. The van der Waals surface area contributed by atoms with Crippen LogP contribution >= 0.6 is 11.3 Å². The van der Waals surface area contributed by atoms with Gasteiger partial charge in [-0.3, -0.25) is 0 Å². The van der Waals surface area contributed by atoms with Crippen LogP contribution in [0.5, 0.6) is 5.75 Å². The Balaban J connectivity index is 1.54. The van der Waals surface area contributed by atoms with Crippen molar-refractivity contribution in [2.24, 2.45) is 0 Å². The number of thiazole rings is 1. The first-order valence-corrected chi connectivity index (χ1v) is 8.94. The summed E-state index contributed by atoms with van der Waals surface area (Å²) in [4.78, 5) is 17.7. The quantitative estimate of drug-likeness (QED) is 0.844. The second kappa shape index (κ2) is 6.81. The molecule has 128 valence electrons. The van der Waals surface area contributed by atoms with Crippen LogP contribution in [-0.2, 0) is 12.0 Å². The Bertz CT molecular complexity index is 718. The number of aromatic nitrogens is 1. The van der Waals surface area contributed by atoms with Gasteiger partial charge in [-0.1, -0.05) is 18.2 Å². The Morgan fingerprint density at radius 1 is 1.29 bits per heavy atom. The Labute approximate surface area is 146 Å². The lowest BCUT2D eigenvalue weighted by atomic mass is 9.95. The number of methoxy groups -OCH3 is 1. The van der Waals surface area contributed by atoms with E-state index in [2.05, 4.69) is 21.7 Å². The Hall–Kier alpha value is -2.08. The van der Waals surface area contributed by atoms with Gasteiger partial charge in [-0.15, -0.1) is 11.3 Å². The first kappa shape index (κ1) is 16.8. The van der Waals surface area contributed by atoms with Crippen molar-refractivity contribution < 1.29 is 9.53 Å². The zero-order valence-electron chi connectivity index (χ0n) is 14.3. The number of carbonyl (C=O) groups is 1. The molecule has 0 saturated heterocycles. The van der Waals surface area contributed by atoms with E-state index in [4.69, 9.17) is 4.74 Å². The summed E-state index contributed by atoms with van der Waals surface area (Å²) in [5.74, 6) is 0.894. The maximum absolute atomic E-state index is 12.1. The van der Waals surface area contributed by atoms with E-state index >= 15 is 0 Å². The van der Waals surface area contributed by atoms with Crippen LogP contribution in [0.4, 0.5) is 4.79 Å². The van der Waals surface area contributed by atoms with Crippen molar-refractivity contribution in [1.29, 1.82) is 0 Å². The highest BCUT2D eigenvalue weighted by molar-refractivity contribution is 7.11. The van der Waals surface area contributed by atoms with Crippen molar-refractivity contribution >= 4 is 17.4 Å². The maximum atomic E-state index is 12.1. The zero-order valence-corrected chi connectivity index (χ0v) is 15.1. The lowest BCUT2D eigenvalue weighted by molar-refractivity contribution is 0.239. The second-order valence-corrected chi connectivity index (χ2v) is 7.55. The highest BCUT2D eigenvalue weighted by Gasteiger charge is 2.46. The van der Waals surface area contributed by atoms with Crippen LogP contribution in [0.3, 0.4) is 0 Å². The van der Waals surface area contributed by atoms with E-state index in [1.54, 1.807) is 18.4 Å². The fraction of sp³-hybridized carbons (Fsp3) is 0.444. The Morgan fingerprint density at radius 2 is 2.04 bits per heavy atom. The van der Waals surface area contributed by atoms with Crippen LogP contribution in [0.15, 0.2) is 24.3 Å². The van der Waals surface area contributed by atoms with Crippen LogP contribution in [0.25, 0.3) is 0 Å². The molecule has 0 bridgehead atoms. The van der Waals surface area contributed by atoms with Gasteiger partial charge in [0, 0.05) is 22.4 Å². The van der Waals surface area contributed by atoms with E-state index in [0.29, 0.717) is 13.1 Å². The summed E-state index contributed by atoms with van der Waals surface area (Å²) in [6.45, 7) is 5.11. The monoisotopic (exact) mass is 345 g/mol. The van der Waals surface area contributed by atoms with Gasteiger partial charge in [0.2, 0.25) is 0 Å². The van der Waals surface area contributed by atoms with Crippen molar-refractivity contribution in [3.8, 4) is 5.75 Å². The average Bonchev–Trinajstić information content (AvgIpc) is 3.31. The third kappa shape index (κ3) is 3.53. The molecule has 5 nitrogen and oxygen atoms in total. The van der Waals surface area contributed by atoms with E-state index in [1.807, 2.05) is 32.0 Å². The smallest absolute Gasteiger partial charge is 0.315 e. The fourth-order valence-electron chi connectivity index (χ4n) is 2.86. The second-order valence-electron chi connectivity index (χ2n) is 6.27. The van der Waals surface area contributed by atoms with Gasteiger partial charge in [0.05, 0.1) is 19.3 Å². The molecular formula is C18H23N3O2S. The number of nitrogens with zero attached hydrogens (tertiary/aromatic N) is 1. The zero-order chi connectivity index (χ0) is 17.2. The molecule has 0 spiro atoms. The number of aryl methyl sites for hydroxylation is 2. The first-order valence-electron chi connectivity index (χ1n) is 8.12. The van der Waals surface area contributed by atoms with Gasteiger partial charge in [0.1, 0.15) is 10.8 Å². The number of carbonyl (C=O) groups excluding carboxylic acids is 1. The summed E-state index contributed by atoms with van der Waals surface area (Å²) in [6.07, 6.45) is 2.14. The standard InChI is InChI=1S/C18H23N3O2S/c1-12-13(2)24-16(21-12)10-19-17(22)20-11-18(8-9-18)14-6-4-5-7-15(14)23-3/h4-7H,8-11H2,1-3H3,(H2,19,20,22). The van der Waals surface area contributed by atoms with E-state index in [1.165, 1.54) is 10.4 Å². The number of urea groups is 1. The van der Waals surface area contributed by atoms with Crippen LogP contribution < -0.4 is 15.4 Å². The number of benzene rings is 1. The van der Waals surface area contributed by atoms with Gasteiger partial charge < -0.3 is 15.4 Å². The molecule has 0 atom stereocenters. The van der Waals surface area contributed by atoms with Crippen molar-refractivity contribution in [3.63, 3.8) is 0 Å². The Morgan fingerprint density at radius 3 is 2.67 bits per heavy atom. The number of nitrogens with one attached hydrogen (secondary N) is 2. The minimum Gasteiger partial charge on any atom is -0.496 e. The highest BCUT2D eigenvalue weighted by atomic mass is 32.1. The van der Waals surface area contributed by atoms with Crippen LogP contribution in [0.1, 0.15) is 34.0 Å². The van der Waals surface area contributed by atoms with Crippen LogP contribution in [0, 0.1) is 13.8 Å². The van der Waals surface area contributed by atoms with E-state index in [-0.39, 0.29) is 11.4 Å². The molecule has 3 rings (SSSR count). The lowest BCUT2D eigenvalue weighted by Crippen LogP contribution is -2.39. The summed E-state index contributed by atoms with van der Waals surface area (Å²) in [7, 11) is 1.69. The molecule has 1 aliphatic carbocycles. The molecule has 1 fully saturated rings. The molecule has 24 heavy (non-hydrogen) atoms. The third-order valence-corrected chi connectivity index (χ3v) is 5.67. The van der Waals surface area contributed by atoms with Gasteiger partial charge in [-0.05, 0) is 32.8 Å². The minimum absolute atomic E-state index is 0.0122.